The summed E-state index contributed by atoms with van der Waals surface area (Å²) in [5, 5.41) is 3.62. The van der Waals surface area contributed by atoms with Crippen molar-refractivity contribution in [3.8, 4) is 0 Å². The molecule has 2 fully saturated rings. The van der Waals surface area contributed by atoms with Gasteiger partial charge >= 0.3 is 0 Å². The highest BCUT2D eigenvalue weighted by Gasteiger charge is 2.28. The summed E-state index contributed by atoms with van der Waals surface area (Å²) in [5.41, 5.74) is 5.99. The first-order valence-corrected chi connectivity index (χ1v) is 4.88. The summed E-state index contributed by atoms with van der Waals surface area (Å²) in [5.74, 6) is 0. The van der Waals surface area contributed by atoms with Gasteiger partial charge in [0.1, 0.15) is 0 Å². The Hall–Kier alpha value is -0.0800. The molecule has 0 aromatic carbocycles. The zero-order valence-corrected chi connectivity index (χ0v) is 7.05. The van der Waals surface area contributed by atoms with E-state index in [-0.39, 0.29) is 0 Å². The highest BCUT2D eigenvalue weighted by molar-refractivity contribution is 4.90. The summed E-state index contributed by atoms with van der Waals surface area (Å²) in [6.07, 6.45) is 8.00. The van der Waals surface area contributed by atoms with Crippen LogP contribution in [0.3, 0.4) is 0 Å². The Morgan fingerprint density at radius 2 is 1.73 bits per heavy atom. The summed E-state index contributed by atoms with van der Waals surface area (Å²) in [7, 11) is 0. The normalized spacial score (nSPS) is 39.0. The lowest BCUT2D eigenvalue weighted by Crippen LogP contribution is -2.47. The second kappa shape index (κ2) is 3.11. The fourth-order valence-electron chi connectivity index (χ4n) is 1.92. The van der Waals surface area contributed by atoms with Gasteiger partial charge in [0.25, 0.3) is 0 Å². The van der Waals surface area contributed by atoms with Gasteiger partial charge in [0.2, 0.25) is 0 Å². The standard InChI is InChI=1S/C9H18N2/c10-8-3-1-2-4-9(8)11-7-5-6-7/h7-9,11H,1-6,10H2/t8-,9+/m0/s1. The topological polar surface area (TPSA) is 38.0 Å². The van der Waals surface area contributed by atoms with Crippen LogP contribution in [0, 0.1) is 0 Å². The number of rotatable bonds is 2. The first kappa shape index (κ1) is 7.56. The van der Waals surface area contributed by atoms with Crippen molar-refractivity contribution >= 4 is 0 Å². The molecule has 0 aromatic rings. The fraction of sp³-hybridized carbons (Fsp3) is 1.00. The summed E-state index contributed by atoms with van der Waals surface area (Å²) < 4.78 is 0. The Morgan fingerprint density at radius 1 is 1.00 bits per heavy atom. The van der Waals surface area contributed by atoms with Crippen LogP contribution in [0.2, 0.25) is 0 Å². The molecule has 11 heavy (non-hydrogen) atoms. The smallest absolute Gasteiger partial charge is 0.0221 e. The van der Waals surface area contributed by atoms with Crippen LogP contribution in [-0.2, 0) is 0 Å². The largest absolute Gasteiger partial charge is 0.326 e. The Bertz CT molecular complexity index is 132. The molecule has 0 aliphatic heterocycles. The second-order valence-corrected chi connectivity index (χ2v) is 4.00. The Labute approximate surface area is 68.5 Å². The third kappa shape index (κ3) is 1.94. The Kier molecular flexibility index (Phi) is 2.14. The van der Waals surface area contributed by atoms with Gasteiger partial charge in [0.15, 0.2) is 0 Å². The molecule has 0 spiro atoms. The summed E-state index contributed by atoms with van der Waals surface area (Å²) in [6, 6.07) is 1.89. The van der Waals surface area contributed by atoms with E-state index >= 15 is 0 Å². The molecule has 0 saturated heterocycles. The third-order valence-electron chi connectivity index (χ3n) is 2.85. The zero-order chi connectivity index (χ0) is 7.68. The lowest BCUT2D eigenvalue weighted by Gasteiger charge is -2.29. The maximum Gasteiger partial charge on any atom is 0.0221 e. The lowest BCUT2D eigenvalue weighted by atomic mass is 9.91. The average Bonchev–Trinajstić information content (AvgIpc) is 2.78. The highest BCUT2D eigenvalue weighted by atomic mass is 15.0. The van der Waals surface area contributed by atoms with Gasteiger partial charge in [-0.3, -0.25) is 0 Å². The molecule has 2 nitrogen and oxygen atoms in total. The van der Waals surface area contributed by atoms with Gasteiger partial charge in [0.05, 0.1) is 0 Å². The monoisotopic (exact) mass is 154 g/mol. The molecule has 0 bridgehead atoms. The van der Waals surface area contributed by atoms with Crippen molar-refractivity contribution in [2.75, 3.05) is 0 Å². The van der Waals surface area contributed by atoms with E-state index in [4.69, 9.17) is 5.73 Å². The number of hydrogen-bond donors (Lipinski definition) is 2. The van der Waals surface area contributed by atoms with E-state index in [1.54, 1.807) is 0 Å². The van der Waals surface area contributed by atoms with Crippen molar-refractivity contribution in [3.63, 3.8) is 0 Å². The summed E-state index contributed by atoms with van der Waals surface area (Å²) in [6.45, 7) is 0. The van der Waals surface area contributed by atoms with Crippen LogP contribution in [-0.4, -0.2) is 18.1 Å². The SMILES string of the molecule is N[C@H]1CCCC[C@H]1NC1CC1. The molecular weight excluding hydrogens is 136 g/mol. The molecule has 0 radical (unpaired) electrons. The van der Waals surface area contributed by atoms with Gasteiger partial charge in [-0.1, -0.05) is 12.8 Å². The summed E-state index contributed by atoms with van der Waals surface area (Å²) in [4.78, 5) is 0. The van der Waals surface area contributed by atoms with Crippen LogP contribution in [0.5, 0.6) is 0 Å². The maximum absolute atomic E-state index is 5.99. The molecule has 3 N–H and O–H groups in total. The van der Waals surface area contributed by atoms with Gasteiger partial charge in [0, 0.05) is 18.1 Å². The molecule has 0 aromatic heterocycles. The van der Waals surface area contributed by atoms with E-state index in [0.29, 0.717) is 12.1 Å². The predicted molar refractivity (Wildman–Crippen MR) is 46.4 cm³/mol. The molecule has 0 unspecified atom stereocenters. The number of nitrogens with two attached hydrogens (primary N) is 1. The zero-order valence-electron chi connectivity index (χ0n) is 7.05. The van der Waals surface area contributed by atoms with Crippen LogP contribution in [0.25, 0.3) is 0 Å². The Balaban J connectivity index is 1.78. The quantitative estimate of drug-likeness (QED) is 0.623. The van der Waals surface area contributed by atoms with Gasteiger partial charge in [-0.2, -0.15) is 0 Å². The van der Waals surface area contributed by atoms with Crippen LogP contribution in [0.15, 0.2) is 0 Å². The minimum Gasteiger partial charge on any atom is -0.326 e. The molecule has 0 amide bonds. The summed E-state index contributed by atoms with van der Waals surface area (Å²) >= 11 is 0. The van der Waals surface area contributed by atoms with E-state index in [2.05, 4.69) is 5.32 Å². The number of nitrogens with one attached hydrogen (secondary N) is 1. The van der Waals surface area contributed by atoms with Crippen molar-refractivity contribution in [1.29, 1.82) is 0 Å². The van der Waals surface area contributed by atoms with Crippen molar-refractivity contribution in [2.24, 2.45) is 5.73 Å². The van der Waals surface area contributed by atoms with Crippen molar-refractivity contribution in [2.45, 2.75) is 56.7 Å². The van der Waals surface area contributed by atoms with Crippen LogP contribution in [0.1, 0.15) is 38.5 Å². The van der Waals surface area contributed by atoms with Crippen LogP contribution in [0.4, 0.5) is 0 Å². The van der Waals surface area contributed by atoms with E-state index in [0.717, 1.165) is 6.04 Å². The minimum absolute atomic E-state index is 0.435. The second-order valence-electron chi connectivity index (χ2n) is 4.00. The first-order valence-electron chi connectivity index (χ1n) is 4.88. The fourth-order valence-corrected chi connectivity index (χ4v) is 1.92. The molecule has 2 rings (SSSR count). The lowest BCUT2D eigenvalue weighted by molar-refractivity contribution is 0.326. The highest BCUT2D eigenvalue weighted by Crippen LogP contribution is 2.24. The third-order valence-corrected chi connectivity index (χ3v) is 2.85. The van der Waals surface area contributed by atoms with E-state index in [1.165, 1.54) is 38.5 Å². The average molecular weight is 154 g/mol. The van der Waals surface area contributed by atoms with Crippen molar-refractivity contribution in [3.05, 3.63) is 0 Å². The van der Waals surface area contributed by atoms with Crippen LogP contribution < -0.4 is 11.1 Å². The van der Waals surface area contributed by atoms with E-state index in [9.17, 15) is 0 Å². The molecule has 2 aliphatic carbocycles. The number of hydrogen-bond acceptors (Lipinski definition) is 2. The van der Waals surface area contributed by atoms with Crippen molar-refractivity contribution in [1.82, 2.24) is 5.32 Å². The predicted octanol–water partition coefficient (Wildman–Crippen LogP) is 1.01. The van der Waals surface area contributed by atoms with Crippen molar-refractivity contribution < 1.29 is 0 Å². The van der Waals surface area contributed by atoms with Gasteiger partial charge in [-0.05, 0) is 25.7 Å². The van der Waals surface area contributed by atoms with Crippen LogP contribution >= 0.6 is 0 Å². The molecule has 2 aliphatic rings. The molecule has 64 valence electrons. The molecule has 2 atom stereocenters. The van der Waals surface area contributed by atoms with Gasteiger partial charge in [-0.25, -0.2) is 0 Å². The Morgan fingerprint density at radius 3 is 2.36 bits per heavy atom. The molecule has 2 saturated carbocycles. The van der Waals surface area contributed by atoms with E-state index < -0.39 is 0 Å². The molecule has 0 heterocycles. The molecule has 2 heteroatoms. The molecular formula is C9H18N2. The first-order chi connectivity index (χ1) is 5.36. The maximum atomic E-state index is 5.99. The van der Waals surface area contributed by atoms with Gasteiger partial charge < -0.3 is 11.1 Å². The van der Waals surface area contributed by atoms with E-state index in [1.807, 2.05) is 0 Å². The minimum atomic E-state index is 0.435. The van der Waals surface area contributed by atoms with Gasteiger partial charge in [-0.15, -0.1) is 0 Å².